The number of amides is 1. The van der Waals surface area contributed by atoms with Crippen LogP contribution in [0.25, 0.3) is 10.1 Å². The van der Waals surface area contributed by atoms with E-state index < -0.39 is 0 Å². The number of rotatable bonds is 4. The van der Waals surface area contributed by atoms with Crippen molar-refractivity contribution in [2.75, 3.05) is 42.9 Å². The van der Waals surface area contributed by atoms with Crippen LogP contribution in [0.3, 0.4) is 0 Å². The average molecular weight is 415 g/mol. The summed E-state index contributed by atoms with van der Waals surface area (Å²) in [4.78, 5) is 16.4. The maximum Gasteiger partial charge on any atom is 0.228 e. The molecule has 3 heterocycles. The van der Waals surface area contributed by atoms with Crippen molar-refractivity contribution in [1.29, 1.82) is 0 Å². The Balaban J connectivity index is 1.21. The van der Waals surface area contributed by atoms with E-state index in [4.69, 9.17) is 13.0 Å². The number of carbonyl (C=O) groups is 1. The Labute approximate surface area is 174 Å². The summed E-state index contributed by atoms with van der Waals surface area (Å²) < 4.78 is 13.6. The van der Waals surface area contributed by atoms with Crippen molar-refractivity contribution in [2.45, 2.75) is 12.8 Å². The van der Waals surface area contributed by atoms with Crippen LogP contribution in [0.15, 0.2) is 36.4 Å². The number of aromatic nitrogens is 1. The van der Waals surface area contributed by atoms with Crippen LogP contribution in [0, 0.1) is 0 Å². The fourth-order valence-electron chi connectivity index (χ4n) is 3.99. The predicted molar refractivity (Wildman–Crippen MR) is 116 cm³/mol. The number of nitrogens with one attached hydrogen (secondary N) is 1. The molecule has 2 aliphatic rings. The van der Waals surface area contributed by atoms with Crippen molar-refractivity contribution < 1.29 is 6.17 Å². The molecule has 0 unspecified atom stereocenters. The van der Waals surface area contributed by atoms with Crippen LogP contribution in [-0.2, 0) is 17.6 Å². The second-order valence-corrected chi connectivity index (χ2v) is 8.50. The highest BCUT2D eigenvalue weighted by Crippen LogP contribution is 2.31. The molecule has 1 amide bonds. The first-order valence-electron chi connectivity index (χ1n) is 10.0. The van der Waals surface area contributed by atoms with Gasteiger partial charge < -0.3 is 10.2 Å². The molecule has 0 bridgehead atoms. The Morgan fingerprint density at radius 3 is 2.96 bits per heavy atom. The number of nitrogens with zero attached hydrogens (tertiary/aromatic N) is 3. The highest BCUT2D eigenvalue weighted by molar-refractivity contribution is 7.13. The standard InChI is InChI=1S/C21H21ClN4OS/c22-17-13-18-15(12-20(27)23-18)11-14(17)5-6-25-7-9-26(10-8-25)21-16-3-1-2-4-19(16)28-24-21/h1-4,11,13H,5-10,12H2,(H,23,27)/i4T. The van der Waals surface area contributed by atoms with Gasteiger partial charge in [-0.2, -0.15) is 4.37 Å². The molecule has 2 aliphatic heterocycles. The van der Waals surface area contributed by atoms with Crippen LogP contribution in [0.5, 0.6) is 0 Å². The quantitative estimate of drug-likeness (QED) is 0.705. The number of piperazine rings is 1. The molecule has 144 valence electrons. The molecule has 5 rings (SSSR count). The number of anilines is 2. The molecule has 5 nitrogen and oxygen atoms in total. The summed E-state index contributed by atoms with van der Waals surface area (Å²) in [5, 5.41) is 4.66. The van der Waals surface area contributed by atoms with Crippen LogP contribution in [0.2, 0.25) is 5.02 Å². The van der Waals surface area contributed by atoms with Gasteiger partial charge in [-0.05, 0) is 47.3 Å². The van der Waals surface area contributed by atoms with Gasteiger partial charge in [0.1, 0.15) is 5.82 Å². The second kappa shape index (κ2) is 7.35. The lowest BCUT2D eigenvalue weighted by Crippen LogP contribution is -2.47. The average Bonchev–Trinajstić information content (AvgIpc) is 3.30. The van der Waals surface area contributed by atoms with E-state index >= 15 is 0 Å². The van der Waals surface area contributed by atoms with Crippen molar-refractivity contribution >= 4 is 50.6 Å². The summed E-state index contributed by atoms with van der Waals surface area (Å²) >= 11 is 7.85. The SMILES string of the molecule is [3H]c1cccc2c(N3CCN(CCc4cc5c(cc4Cl)NC(=O)C5)CC3)nsc12. The van der Waals surface area contributed by atoms with E-state index in [-0.39, 0.29) is 5.91 Å². The van der Waals surface area contributed by atoms with E-state index in [0.717, 1.165) is 76.9 Å². The molecule has 28 heavy (non-hydrogen) atoms. The van der Waals surface area contributed by atoms with E-state index in [0.29, 0.717) is 12.5 Å². The third kappa shape index (κ3) is 3.36. The van der Waals surface area contributed by atoms with Gasteiger partial charge in [-0.15, -0.1) is 0 Å². The highest BCUT2D eigenvalue weighted by atomic mass is 35.5. The van der Waals surface area contributed by atoms with Crippen molar-refractivity contribution in [2.24, 2.45) is 0 Å². The molecule has 1 N–H and O–H groups in total. The van der Waals surface area contributed by atoms with Gasteiger partial charge >= 0.3 is 0 Å². The summed E-state index contributed by atoms with van der Waals surface area (Å²) in [5.74, 6) is 1.05. The van der Waals surface area contributed by atoms with Gasteiger partial charge in [0.2, 0.25) is 5.91 Å². The minimum Gasteiger partial charge on any atom is -0.353 e. The van der Waals surface area contributed by atoms with Gasteiger partial charge in [-0.3, -0.25) is 9.69 Å². The summed E-state index contributed by atoms with van der Waals surface area (Å²) in [6.07, 6.45) is 1.32. The molecule has 7 heteroatoms. The summed E-state index contributed by atoms with van der Waals surface area (Å²) in [6.45, 7) is 4.75. The number of carbonyl (C=O) groups excluding carboxylic acids is 1. The van der Waals surface area contributed by atoms with Crippen LogP contribution >= 0.6 is 23.1 Å². The molecule has 0 radical (unpaired) electrons. The molecule has 1 fully saturated rings. The maximum atomic E-state index is 11.6. The van der Waals surface area contributed by atoms with Gasteiger partial charge in [0.05, 0.1) is 12.5 Å². The smallest absolute Gasteiger partial charge is 0.228 e. The fourth-order valence-corrected chi connectivity index (χ4v) is 5.02. The molecule has 2 aromatic carbocycles. The zero-order valence-electron chi connectivity index (χ0n) is 16.4. The number of hydrogen-bond acceptors (Lipinski definition) is 5. The molecular weight excluding hydrogens is 392 g/mol. The molecule has 0 spiro atoms. The van der Waals surface area contributed by atoms with E-state index in [1.165, 1.54) is 11.5 Å². The number of hydrogen-bond donors (Lipinski definition) is 1. The fraction of sp³-hybridized carbons (Fsp3) is 0.333. The monoisotopic (exact) mass is 414 g/mol. The lowest BCUT2D eigenvalue weighted by atomic mass is 10.1. The molecule has 0 aliphatic carbocycles. The molecule has 1 aromatic heterocycles. The van der Waals surface area contributed by atoms with Crippen molar-refractivity contribution in [3.05, 3.63) is 52.5 Å². The largest absolute Gasteiger partial charge is 0.353 e. The molecule has 0 atom stereocenters. The first-order chi connectivity index (χ1) is 14.1. The van der Waals surface area contributed by atoms with Crippen molar-refractivity contribution in [1.82, 2.24) is 9.27 Å². The third-order valence-electron chi connectivity index (χ3n) is 5.55. The van der Waals surface area contributed by atoms with Crippen LogP contribution in [-0.4, -0.2) is 47.9 Å². The second-order valence-electron chi connectivity index (χ2n) is 7.32. The van der Waals surface area contributed by atoms with Crippen molar-refractivity contribution in [3.63, 3.8) is 0 Å². The Bertz CT molecular complexity index is 1090. The number of benzene rings is 2. The lowest BCUT2D eigenvalue weighted by molar-refractivity contribution is -0.115. The van der Waals surface area contributed by atoms with Crippen LogP contribution in [0.4, 0.5) is 11.5 Å². The summed E-state index contributed by atoms with van der Waals surface area (Å²) in [5.41, 5.74) is 3.00. The van der Waals surface area contributed by atoms with Gasteiger partial charge in [0.25, 0.3) is 0 Å². The van der Waals surface area contributed by atoms with Gasteiger partial charge in [0, 0.05) is 48.8 Å². The number of halogens is 1. The van der Waals surface area contributed by atoms with Gasteiger partial charge in [-0.25, -0.2) is 0 Å². The molecule has 3 aromatic rings. The Kier molecular flexibility index (Phi) is 4.40. The predicted octanol–water partition coefficient (Wildman–Crippen LogP) is 3.81. The van der Waals surface area contributed by atoms with Crippen LogP contribution < -0.4 is 10.2 Å². The van der Waals surface area contributed by atoms with E-state index in [9.17, 15) is 4.79 Å². The molecular formula is C21H21ClN4OS. The Morgan fingerprint density at radius 1 is 1.25 bits per heavy atom. The summed E-state index contributed by atoms with van der Waals surface area (Å²) in [6, 6.07) is 10.3. The van der Waals surface area contributed by atoms with Crippen LogP contribution in [0.1, 0.15) is 12.5 Å². The zero-order chi connectivity index (χ0) is 20.0. The number of fused-ring (bicyclic) bond motifs is 2. The summed E-state index contributed by atoms with van der Waals surface area (Å²) in [7, 11) is 0. The van der Waals surface area contributed by atoms with Gasteiger partial charge in [-0.1, -0.05) is 29.8 Å². The minimum absolute atomic E-state index is 0.0384. The minimum atomic E-state index is 0.0384. The normalized spacial score (nSPS) is 17.7. The first-order valence-corrected chi connectivity index (χ1v) is 10.7. The van der Waals surface area contributed by atoms with Gasteiger partial charge in [0.15, 0.2) is 0 Å². The zero-order valence-corrected chi connectivity index (χ0v) is 16.9. The van der Waals surface area contributed by atoms with Crippen molar-refractivity contribution in [3.8, 4) is 0 Å². The Hall–Kier alpha value is -2.15. The topological polar surface area (TPSA) is 48.5 Å². The highest BCUT2D eigenvalue weighted by Gasteiger charge is 2.22. The van der Waals surface area contributed by atoms with E-state index in [1.54, 1.807) is 0 Å². The molecule has 0 saturated carbocycles. The maximum absolute atomic E-state index is 11.6. The third-order valence-corrected chi connectivity index (χ3v) is 6.69. The first kappa shape index (κ1) is 16.8. The molecule has 1 saturated heterocycles. The van der Waals surface area contributed by atoms with E-state index in [2.05, 4.69) is 31.6 Å². The van der Waals surface area contributed by atoms with E-state index in [1.807, 2.05) is 18.2 Å². The lowest BCUT2D eigenvalue weighted by Gasteiger charge is -2.35. The Morgan fingerprint density at radius 2 is 2.11 bits per heavy atom.